The molecule has 1 aliphatic rings. The zero-order valence-corrected chi connectivity index (χ0v) is 22.8. The van der Waals surface area contributed by atoms with Crippen LogP contribution >= 0.6 is 0 Å². The van der Waals surface area contributed by atoms with Crippen molar-refractivity contribution in [1.29, 1.82) is 0 Å². The Morgan fingerprint density at radius 1 is 1.08 bits per heavy atom. The molecule has 3 rings (SSSR count). The van der Waals surface area contributed by atoms with Crippen LogP contribution in [0.15, 0.2) is 48.5 Å². The molecule has 0 heterocycles. The van der Waals surface area contributed by atoms with Gasteiger partial charge in [-0.3, -0.25) is 13.9 Å². The number of anilines is 1. The molecule has 0 radical (unpaired) electrons. The predicted molar refractivity (Wildman–Crippen MR) is 143 cm³/mol. The summed E-state index contributed by atoms with van der Waals surface area (Å²) in [6, 6.07) is 13.0. The van der Waals surface area contributed by atoms with E-state index in [0.29, 0.717) is 23.8 Å². The van der Waals surface area contributed by atoms with Crippen LogP contribution in [0.1, 0.15) is 45.1 Å². The number of methoxy groups -OCH3 is 1. The number of benzene rings is 2. The standard InChI is InChI=1S/C27H37N3O6S/c1-5-36-24-15-13-23(14-16-24)30(37(4,33)34)19-26(31)29(18-21-9-8-12-25(17-21)35-3)20(2)27(32)28-22-10-6-7-11-22/h8-9,12-17,20,22H,5-7,10-11,18-19H2,1-4H3,(H,28,32)/t20-/m0/s1. The van der Waals surface area contributed by atoms with Crippen LogP contribution < -0.4 is 19.1 Å². The summed E-state index contributed by atoms with van der Waals surface area (Å²) in [5, 5.41) is 3.05. The first kappa shape index (κ1) is 28.3. The first-order chi connectivity index (χ1) is 17.6. The minimum absolute atomic E-state index is 0.0973. The van der Waals surface area contributed by atoms with Crippen molar-refractivity contribution < 1.29 is 27.5 Å². The Hall–Kier alpha value is -3.27. The van der Waals surface area contributed by atoms with Crippen molar-refractivity contribution in [3.05, 3.63) is 54.1 Å². The van der Waals surface area contributed by atoms with Crippen LogP contribution in [-0.4, -0.2) is 63.7 Å². The van der Waals surface area contributed by atoms with E-state index >= 15 is 0 Å². The Morgan fingerprint density at radius 3 is 2.35 bits per heavy atom. The van der Waals surface area contributed by atoms with Gasteiger partial charge >= 0.3 is 0 Å². The summed E-state index contributed by atoms with van der Waals surface area (Å²) in [5.41, 5.74) is 1.10. The smallest absolute Gasteiger partial charge is 0.244 e. The number of hydrogen-bond acceptors (Lipinski definition) is 6. The number of rotatable bonds is 12. The lowest BCUT2D eigenvalue weighted by molar-refractivity contribution is -0.139. The molecule has 9 nitrogen and oxygen atoms in total. The minimum atomic E-state index is -3.80. The van der Waals surface area contributed by atoms with Gasteiger partial charge in [-0.25, -0.2) is 8.42 Å². The van der Waals surface area contributed by atoms with E-state index in [0.717, 1.165) is 41.8 Å². The monoisotopic (exact) mass is 531 g/mol. The largest absolute Gasteiger partial charge is 0.497 e. The second-order valence-corrected chi connectivity index (χ2v) is 11.1. The van der Waals surface area contributed by atoms with Gasteiger partial charge in [0, 0.05) is 12.6 Å². The number of nitrogens with one attached hydrogen (secondary N) is 1. The number of carbonyl (C=O) groups excluding carboxylic acids is 2. The van der Waals surface area contributed by atoms with Gasteiger partial charge in [0.25, 0.3) is 0 Å². The van der Waals surface area contributed by atoms with E-state index in [2.05, 4.69) is 5.32 Å². The second kappa shape index (κ2) is 12.8. The molecule has 0 aromatic heterocycles. The Labute approximate surface area is 219 Å². The molecule has 0 unspecified atom stereocenters. The second-order valence-electron chi connectivity index (χ2n) is 9.24. The van der Waals surface area contributed by atoms with E-state index in [1.54, 1.807) is 50.4 Å². The van der Waals surface area contributed by atoms with E-state index in [4.69, 9.17) is 9.47 Å². The maximum atomic E-state index is 13.7. The van der Waals surface area contributed by atoms with Gasteiger partial charge in [0.05, 0.1) is 25.7 Å². The molecule has 37 heavy (non-hydrogen) atoms. The van der Waals surface area contributed by atoms with Gasteiger partial charge in [-0.15, -0.1) is 0 Å². The van der Waals surface area contributed by atoms with Crippen LogP contribution in [0.2, 0.25) is 0 Å². The molecule has 0 bridgehead atoms. The number of hydrogen-bond donors (Lipinski definition) is 1. The number of carbonyl (C=O) groups is 2. The molecule has 2 aromatic rings. The van der Waals surface area contributed by atoms with Crippen molar-refractivity contribution in [2.75, 3.05) is 30.8 Å². The van der Waals surface area contributed by atoms with Crippen molar-refractivity contribution in [3.63, 3.8) is 0 Å². The van der Waals surface area contributed by atoms with Gasteiger partial charge in [0.1, 0.15) is 24.1 Å². The van der Waals surface area contributed by atoms with E-state index in [9.17, 15) is 18.0 Å². The topological polar surface area (TPSA) is 105 Å². The third-order valence-electron chi connectivity index (χ3n) is 6.47. The highest BCUT2D eigenvalue weighted by molar-refractivity contribution is 7.92. The minimum Gasteiger partial charge on any atom is -0.497 e. The number of nitrogens with zero attached hydrogens (tertiary/aromatic N) is 2. The fourth-order valence-electron chi connectivity index (χ4n) is 4.43. The molecular formula is C27H37N3O6S. The lowest BCUT2D eigenvalue weighted by Gasteiger charge is -2.32. The average Bonchev–Trinajstić information content (AvgIpc) is 3.38. The Kier molecular flexibility index (Phi) is 9.79. The van der Waals surface area contributed by atoms with Crippen LogP contribution in [0.25, 0.3) is 0 Å². The molecule has 0 aliphatic heterocycles. The van der Waals surface area contributed by atoms with Gasteiger partial charge in [-0.05, 0) is 68.7 Å². The van der Waals surface area contributed by atoms with Crippen molar-refractivity contribution >= 4 is 27.5 Å². The quantitative estimate of drug-likeness (QED) is 0.451. The Balaban J connectivity index is 1.87. The molecule has 1 fully saturated rings. The highest BCUT2D eigenvalue weighted by Gasteiger charge is 2.31. The summed E-state index contributed by atoms with van der Waals surface area (Å²) in [5.74, 6) is 0.481. The lowest BCUT2D eigenvalue weighted by atomic mass is 10.1. The SMILES string of the molecule is CCOc1ccc(N(CC(=O)N(Cc2cccc(OC)c2)[C@@H](C)C(=O)NC2CCCC2)S(C)(=O)=O)cc1. The predicted octanol–water partition coefficient (Wildman–Crippen LogP) is 3.34. The normalized spacial score (nSPS) is 14.6. The maximum absolute atomic E-state index is 13.7. The van der Waals surface area contributed by atoms with Gasteiger partial charge in [-0.2, -0.15) is 0 Å². The van der Waals surface area contributed by atoms with E-state index in [-0.39, 0.29) is 18.5 Å². The highest BCUT2D eigenvalue weighted by Crippen LogP contribution is 2.23. The van der Waals surface area contributed by atoms with Crippen LogP contribution in [-0.2, 0) is 26.2 Å². The number of ether oxygens (including phenoxy) is 2. The van der Waals surface area contributed by atoms with Crippen molar-refractivity contribution in [1.82, 2.24) is 10.2 Å². The summed E-state index contributed by atoms with van der Waals surface area (Å²) in [4.78, 5) is 28.2. The van der Waals surface area contributed by atoms with E-state index in [1.807, 2.05) is 19.1 Å². The van der Waals surface area contributed by atoms with Gasteiger partial charge in [0.2, 0.25) is 21.8 Å². The zero-order chi connectivity index (χ0) is 27.0. The van der Waals surface area contributed by atoms with Gasteiger partial charge in [0.15, 0.2) is 0 Å². The van der Waals surface area contributed by atoms with Crippen LogP contribution in [0.5, 0.6) is 11.5 Å². The molecule has 2 aromatic carbocycles. The molecular weight excluding hydrogens is 494 g/mol. The Bertz CT molecular complexity index is 1160. The number of sulfonamides is 1. The molecule has 1 atom stereocenters. The molecule has 1 aliphatic carbocycles. The Morgan fingerprint density at radius 2 is 1.76 bits per heavy atom. The zero-order valence-electron chi connectivity index (χ0n) is 22.0. The summed E-state index contributed by atoms with van der Waals surface area (Å²) in [6.45, 7) is 3.68. The lowest BCUT2D eigenvalue weighted by Crippen LogP contribution is -2.52. The van der Waals surface area contributed by atoms with Gasteiger partial charge in [-0.1, -0.05) is 25.0 Å². The van der Waals surface area contributed by atoms with Crippen molar-refractivity contribution in [2.45, 2.75) is 58.2 Å². The molecule has 1 saturated carbocycles. The highest BCUT2D eigenvalue weighted by atomic mass is 32.2. The van der Waals surface area contributed by atoms with Crippen LogP contribution in [0.3, 0.4) is 0 Å². The molecule has 2 amide bonds. The summed E-state index contributed by atoms with van der Waals surface area (Å²) < 4.78 is 37.2. The maximum Gasteiger partial charge on any atom is 0.244 e. The van der Waals surface area contributed by atoms with Crippen molar-refractivity contribution in [2.24, 2.45) is 0 Å². The van der Waals surface area contributed by atoms with E-state index in [1.165, 1.54) is 4.90 Å². The fourth-order valence-corrected chi connectivity index (χ4v) is 5.28. The van der Waals surface area contributed by atoms with Crippen LogP contribution in [0, 0.1) is 0 Å². The molecule has 202 valence electrons. The molecule has 10 heteroatoms. The molecule has 0 spiro atoms. The molecule has 0 saturated heterocycles. The average molecular weight is 532 g/mol. The van der Waals surface area contributed by atoms with Gasteiger partial charge < -0.3 is 19.7 Å². The fraction of sp³-hybridized carbons (Fsp3) is 0.481. The van der Waals surface area contributed by atoms with Crippen LogP contribution in [0.4, 0.5) is 5.69 Å². The third kappa shape index (κ3) is 7.85. The first-order valence-corrected chi connectivity index (χ1v) is 14.4. The van der Waals surface area contributed by atoms with E-state index < -0.39 is 28.5 Å². The number of amides is 2. The third-order valence-corrected chi connectivity index (χ3v) is 7.61. The summed E-state index contributed by atoms with van der Waals surface area (Å²) >= 11 is 0. The molecule has 1 N–H and O–H groups in total. The van der Waals surface area contributed by atoms with Crippen molar-refractivity contribution in [3.8, 4) is 11.5 Å². The summed E-state index contributed by atoms with van der Waals surface area (Å²) in [7, 11) is -2.24. The first-order valence-electron chi connectivity index (χ1n) is 12.6. The summed E-state index contributed by atoms with van der Waals surface area (Å²) in [6.07, 6.45) is 5.03.